The van der Waals surface area contributed by atoms with Crippen LogP contribution in [-0.4, -0.2) is 42.9 Å². The van der Waals surface area contributed by atoms with Crippen LogP contribution in [0, 0.1) is 11.7 Å². The second-order valence-electron chi connectivity index (χ2n) is 8.78. The van der Waals surface area contributed by atoms with Crippen LogP contribution in [0.3, 0.4) is 0 Å². The molecule has 1 aromatic heterocycles. The summed E-state index contributed by atoms with van der Waals surface area (Å²) < 4.78 is 28.5. The highest BCUT2D eigenvalue weighted by molar-refractivity contribution is 7.09. The zero-order valence-corrected chi connectivity index (χ0v) is 22.3. The molecular formula is C26H30FN5O5S. The van der Waals surface area contributed by atoms with Gasteiger partial charge in [0.05, 0.1) is 19.9 Å². The minimum Gasteiger partial charge on any atom is -0.493 e. The quantitative estimate of drug-likeness (QED) is 0.335. The summed E-state index contributed by atoms with van der Waals surface area (Å²) >= 11 is 0.681. The fourth-order valence-electron chi connectivity index (χ4n) is 3.75. The molecule has 3 aromatic rings. The van der Waals surface area contributed by atoms with Crippen LogP contribution < -0.4 is 31.2 Å². The number of ether oxygens (including phenoxy) is 2. The number of nitrogen functional groups attached to an aromatic ring is 1. The molecule has 0 saturated carbocycles. The van der Waals surface area contributed by atoms with E-state index >= 15 is 0 Å². The predicted octanol–water partition coefficient (Wildman–Crippen LogP) is 3.53. The summed E-state index contributed by atoms with van der Waals surface area (Å²) in [5.74, 6) is -1.55. The van der Waals surface area contributed by atoms with Crippen LogP contribution in [0.4, 0.5) is 15.8 Å². The van der Waals surface area contributed by atoms with Gasteiger partial charge in [0.15, 0.2) is 17.2 Å². The van der Waals surface area contributed by atoms with Gasteiger partial charge in [-0.3, -0.25) is 19.3 Å². The van der Waals surface area contributed by atoms with Gasteiger partial charge in [0.2, 0.25) is 5.91 Å². The van der Waals surface area contributed by atoms with Crippen molar-refractivity contribution in [1.29, 1.82) is 0 Å². The number of methoxy groups -OCH3 is 2. The Balaban J connectivity index is 2.21. The molecule has 2 aromatic carbocycles. The van der Waals surface area contributed by atoms with E-state index in [1.54, 1.807) is 18.2 Å². The Labute approximate surface area is 223 Å². The van der Waals surface area contributed by atoms with Crippen molar-refractivity contribution in [2.24, 2.45) is 11.7 Å². The number of nitrogens with two attached hydrogens (primary N) is 2. The van der Waals surface area contributed by atoms with Crippen molar-refractivity contribution in [2.75, 3.05) is 31.4 Å². The summed E-state index contributed by atoms with van der Waals surface area (Å²) in [5.41, 5.74) is 11.5. The second-order valence-corrected chi connectivity index (χ2v) is 9.55. The summed E-state index contributed by atoms with van der Waals surface area (Å²) in [4.78, 5) is 40.5. The van der Waals surface area contributed by atoms with E-state index < -0.39 is 29.6 Å². The minimum absolute atomic E-state index is 0.0939. The number of carbonyl (C=O) groups is 3. The number of hydrogen-bond donors (Lipinski definition) is 3. The number of hydrogen-bond acceptors (Lipinski definition) is 8. The van der Waals surface area contributed by atoms with Gasteiger partial charge in [0.25, 0.3) is 11.8 Å². The third kappa shape index (κ3) is 6.20. The molecule has 3 rings (SSSR count). The fourth-order valence-corrected chi connectivity index (χ4v) is 4.49. The van der Waals surface area contributed by atoms with Crippen LogP contribution in [0.25, 0.3) is 0 Å². The maximum Gasteiger partial charge on any atom is 0.273 e. The average molecular weight is 544 g/mol. The van der Waals surface area contributed by atoms with Crippen LogP contribution in [0.15, 0.2) is 42.5 Å². The first kappa shape index (κ1) is 28.4. The maximum absolute atomic E-state index is 14.0. The number of halogens is 1. The first-order valence-corrected chi connectivity index (χ1v) is 12.5. The monoisotopic (exact) mass is 543 g/mol. The molecule has 3 amide bonds. The van der Waals surface area contributed by atoms with Crippen molar-refractivity contribution in [2.45, 2.75) is 26.3 Å². The molecule has 10 nitrogen and oxygen atoms in total. The van der Waals surface area contributed by atoms with Crippen molar-refractivity contribution in [3.63, 3.8) is 0 Å². The van der Waals surface area contributed by atoms with Crippen LogP contribution >= 0.6 is 11.5 Å². The molecule has 0 aliphatic carbocycles. The minimum atomic E-state index is -1.24. The predicted molar refractivity (Wildman–Crippen MR) is 143 cm³/mol. The molecule has 38 heavy (non-hydrogen) atoms. The molecule has 0 saturated heterocycles. The van der Waals surface area contributed by atoms with Gasteiger partial charge in [-0.05, 0) is 65.8 Å². The van der Waals surface area contributed by atoms with Gasteiger partial charge in [-0.15, -0.1) is 0 Å². The highest BCUT2D eigenvalue weighted by Crippen LogP contribution is 2.36. The van der Waals surface area contributed by atoms with E-state index in [1.165, 1.54) is 43.4 Å². The summed E-state index contributed by atoms with van der Waals surface area (Å²) in [6.45, 7) is 4.41. The first-order chi connectivity index (χ1) is 18.1. The molecule has 0 radical (unpaired) electrons. The average Bonchev–Trinajstić information content (AvgIpc) is 3.28. The second kappa shape index (κ2) is 12.4. The molecule has 1 heterocycles. The lowest BCUT2D eigenvalue weighted by Crippen LogP contribution is -2.44. The molecule has 0 bridgehead atoms. The highest BCUT2D eigenvalue weighted by Gasteiger charge is 2.36. The Morgan fingerprint density at radius 1 is 1.08 bits per heavy atom. The molecule has 0 spiro atoms. The molecule has 0 aliphatic rings. The van der Waals surface area contributed by atoms with Crippen molar-refractivity contribution < 1.29 is 28.2 Å². The summed E-state index contributed by atoms with van der Waals surface area (Å²) in [6, 6.07) is 8.67. The molecule has 1 atom stereocenters. The fraction of sp³-hybridized carbons (Fsp3) is 0.308. The molecule has 12 heteroatoms. The third-order valence-electron chi connectivity index (χ3n) is 5.73. The first-order valence-electron chi connectivity index (χ1n) is 11.7. The zero-order valence-electron chi connectivity index (χ0n) is 21.5. The standard InChI is InChI=1S/C26H30FN5O5S/c1-14(2)11-12-30-25(34)22(15-5-10-18(36-3)19(13-15)37-4)32(17-8-6-16(27)7-9-17)26(35)23-20(28)21(24(29)33)31-38-23/h5-10,13-14,22H,11-12,28H2,1-4H3,(H2,29,33)(H,30,34)/t22-/m1/s1. The van der Waals surface area contributed by atoms with Gasteiger partial charge in [-0.1, -0.05) is 19.9 Å². The van der Waals surface area contributed by atoms with Crippen LogP contribution in [0.5, 0.6) is 11.5 Å². The molecule has 0 aliphatic heterocycles. The Bertz CT molecular complexity index is 1310. The third-order valence-corrected chi connectivity index (χ3v) is 6.58. The molecule has 5 N–H and O–H groups in total. The Kier molecular flexibility index (Phi) is 9.24. The Hall–Kier alpha value is -4.19. The van der Waals surface area contributed by atoms with Gasteiger partial charge in [0.1, 0.15) is 16.7 Å². The van der Waals surface area contributed by atoms with E-state index in [4.69, 9.17) is 20.9 Å². The lowest BCUT2D eigenvalue weighted by atomic mass is 10.0. The number of primary amides is 1. The SMILES string of the molecule is COc1ccc([C@H](C(=O)NCCC(C)C)N(C(=O)c2snc(C(N)=O)c2N)c2ccc(F)cc2)cc1OC. The van der Waals surface area contributed by atoms with Gasteiger partial charge >= 0.3 is 0 Å². The number of nitrogens with one attached hydrogen (secondary N) is 1. The van der Waals surface area contributed by atoms with Gasteiger partial charge < -0.3 is 26.3 Å². The summed E-state index contributed by atoms with van der Waals surface area (Å²) in [6.07, 6.45) is 0.707. The topological polar surface area (TPSA) is 150 Å². The lowest BCUT2D eigenvalue weighted by molar-refractivity contribution is -0.122. The largest absolute Gasteiger partial charge is 0.493 e. The van der Waals surface area contributed by atoms with Crippen molar-refractivity contribution in [1.82, 2.24) is 9.69 Å². The molecular weight excluding hydrogens is 513 g/mol. The van der Waals surface area contributed by atoms with E-state index in [0.29, 0.717) is 47.5 Å². The van der Waals surface area contributed by atoms with Crippen LogP contribution in [0.1, 0.15) is 52.0 Å². The summed E-state index contributed by atoms with van der Waals surface area (Å²) in [7, 11) is 2.93. The number of rotatable bonds is 11. The number of nitrogens with zero attached hydrogens (tertiary/aromatic N) is 2. The number of benzene rings is 2. The van der Waals surface area contributed by atoms with Crippen molar-refractivity contribution >= 4 is 40.6 Å². The number of carbonyl (C=O) groups excluding carboxylic acids is 3. The lowest BCUT2D eigenvalue weighted by Gasteiger charge is -2.31. The molecule has 0 fully saturated rings. The smallest absolute Gasteiger partial charge is 0.273 e. The Morgan fingerprint density at radius 3 is 2.29 bits per heavy atom. The van der Waals surface area contributed by atoms with Crippen molar-refractivity contribution in [3.8, 4) is 11.5 Å². The van der Waals surface area contributed by atoms with Crippen LogP contribution in [-0.2, 0) is 4.79 Å². The van der Waals surface area contributed by atoms with E-state index in [-0.39, 0.29) is 21.9 Å². The van der Waals surface area contributed by atoms with Crippen LogP contribution in [0.2, 0.25) is 0 Å². The van der Waals surface area contributed by atoms with Gasteiger partial charge in [-0.2, -0.15) is 4.37 Å². The highest BCUT2D eigenvalue weighted by atomic mass is 32.1. The van der Waals surface area contributed by atoms with Gasteiger partial charge in [0, 0.05) is 12.2 Å². The molecule has 202 valence electrons. The molecule has 0 unspecified atom stereocenters. The maximum atomic E-state index is 14.0. The summed E-state index contributed by atoms with van der Waals surface area (Å²) in [5, 5.41) is 2.89. The van der Waals surface area contributed by atoms with Crippen molar-refractivity contribution in [3.05, 3.63) is 64.4 Å². The van der Waals surface area contributed by atoms with E-state index in [1.807, 2.05) is 13.8 Å². The van der Waals surface area contributed by atoms with E-state index in [0.717, 1.165) is 0 Å². The van der Waals surface area contributed by atoms with E-state index in [9.17, 15) is 18.8 Å². The number of amides is 3. The van der Waals surface area contributed by atoms with Gasteiger partial charge in [-0.25, -0.2) is 4.39 Å². The normalized spacial score (nSPS) is 11.6. The van der Waals surface area contributed by atoms with E-state index in [2.05, 4.69) is 9.69 Å². The Morgan fingerprint density at radius 2 is 1.74 bits per heavy atom. The zero-order chi connectivity index (χ0) is 28.0. The number of anilines is 2. The number of aromatic nitrogens is 1.